The summed E-state index contributed by atoms with van der Waals surface area (Å²) >= 11 is 0. The van der Waals surface area contributed by atoms with Crippen molar-refractivity contribution in [2.24, 2.45) is 0 Å². The summed E-state index contributed by atoms with van der Waals surface area (Å²) in [5.41, 5.74) is 14.0. The fourth-order valence-electron chi connectivity index (χ4n) is 6.93. The van der Waals surface area contributed by atoms with E-state index in [-0.39, 0.29) is 0 Å². The first-order chi connectivity index (χ1) is 21.8. The van der Waals surface area contributed by atoms with Gasteiger partial charge in [-0.2, -0.15) is 0 Å². The number of nitrogens with zero attached hydrogens (tertiary/aromatic N) is 2. The molecule has 0 fully saturated rings. The van der Waals surface area contributed by atoms with Gasteiger partial charge in [0.15, 0.2) is 0 Å². The first-order valence-corrected chi connectivity index (χ1v) is 15.3. The van der Waals surface area contributed by atoms with Crippen molar-refractivity contribution in [1.82, 2.24) is 14.5 Å². The number of allylic oxidation sites excluding steroid dienone is 1. The number of aromatic nitrogens is 3. The quantitative estimate of drug-likeness (QED) is 0.227. The Bertz CT molecular complexity index is 2370. The smallest absolute Gasteiger partial charge is 0.0730 e. The number of benzene rings is 5. The van der Waals surface area contributed by atoms with E-state index in [1.54, 1.807) is 0 Å². The zero-order chi connectivity index (χ0) is 29.0. The van der Waals surface area contributed by atoms with Gasteiger partial charge in [0.05, 0.1) is 22.6 Å². The molecule has 5 aromatic carbocycles. The van der Waals surface area contributed by atoms with E-state index in [9.17, 15) is 0 Å². The molecule has 1 aliphatic carbocycles. The summed E-state index contributed by atoms with van der Waals surface area (Å²) in [5.74, 6) is 0. The molecule has 44 heavy (non-hydrogen) atoms. The van der Waals surface area contributed by atoms with Gasteiger partial charge in [-0.25, -0.2) is 4.98 Å². The largest absolute Gasteiger partial charge is 0.354 e. The first kappa shape index (κ1) is 24.9. The number of nitrogens with one attached hydrogen (secondary N) is 1. The maximum atomic E-state index is 5.22. The Morgan fingerprint density at radius 1 is 0.568 bits per heavy atom. The van der Waals surface area contributed by atoms with Crippen LogP contribution in [0.1, 0.15) is 17.7 Å². The highest BCUT2D eigenvalue weighted by atomic mass is 15.0. The molecular formula is C41H29N3. The molecule has 0 atom stereocenters. The number of fused-ring (bicyclic) bond motifs is 6. The molecule has 0 aliphatic heterocycles. The summed E-state index contributed by atoms with van der Waals surface area (Å²) in [6, 6.07) is 47.6. The zero-order valence-corrected chi connectivity index (χ0v) is 24.2. The van der Waals surface area contributed by atoms with Crippen molar-refractivity contribution in [3.8, 4) is 39.3 Å². The molecule has 8 aromatic rings. The number of pyridine rings is 1. The average molecular weight is 564 g/mol. The molecule has 3 heteroatoms. The molecule has 9 rings (SSSR count). The van der Waals surface area contributed by atoms with Gasteiger partial charge in [-0.15, -0.1) is 0 Å². The molecule has 208 valence electrons. The fourth-order valence-corrected chi connectivity index (χ4v) is 6.93. The van der Waals surface area contributed by atoms with Crippen molar-refractivity contribution in [1.29, 1.82) is 0 Å². The summed E-state index contributed by atoms with van der Waals surface area (Å²) in [5, 5.41) is 3.83. The normalized spacial score (nSPS) is 12.7. The highest BCUT2D eigenvalue weighted by Gasteiger charge is 2.22. The fraction of sp³-hybridized carbons (Fsp3) is 0.0488. The predicted molar refractivity (Wildman–Crippen MR) is 184 cm³/mol. The molecule has 0 spiro atoms. The van der Waals surface area contributed by atoms with Crippen molar-refractivity contribution < 1.29 is 0 Å². The van der Waals surface area contributed by atoms with Crippen molar-refractivity contribution in [2.75, 3.05) is 0 Å². The molecule has 3 nitrogen and oxygen atoms in total. The van der Waals surface area contributed by atoms with Crippen molar-refractivity contribution in [3.63, 3.8) is 0 Å². The van der Waals surface area contributed by atoms with E-state index in [1.807, 2.05) is 0 Å². The first-order valence-electron chi connectivity index (χ1n) is 15.3. The van der Waals surface area contributed by atoms with E-state index < -0.39 is 0 Å². The third-order valence-corrected chi connectivity index (χ3v) is 9.02. The maximum absolute atomic E-state index is 5.22. The lowest BCUT2D eigenvalue weighted by molar-refractivity contribution is 0.889. The molecular weight excluding hydrogens is 534 g/mol. The summed E-state index contributed by atoms with van der Waals surface area (Å²) in [6.07, 6.45) is 6.67. The van der Waals surface area contributed by atoms with E-state index in [0.29, 0.717) is 0 Å². The second kappa shape index (κ2) is 9.96. The Balaban J connectivity index is 1.20. The third kappa shape index (κ3) is 3.94. The van der Waals surface area contributed by atoms with Gasteiger partial charge < -0.3 is 9.55 Å². The van der Waals surface area contributed by atoms with E-state index in [4.69, 9.17) is 4.98 Å². The Morgan fingerprint density at radius 3 is 2.23 bits per heavy atom. The highest BCUT2D eigenvalue weighted by Crippen LogP contribution is 2.40. The van der Waals surface area contributed by atoms with Gasteiger partial charge in [0.1, 0.15) is 0 Å². The topological polar surface area (TPSA) is 33.6 Å². The Morgan fingerprint density at radius 2 is 1.32 bits per heavy atom. The van der Waals surface area contributed by atoms with Gasteiger partial charge in [0.25, 0.3) is 0 Å². The Kier molecular flexibility index (Phi) is 5.63. The number of para-hydroxylation sites is 2. The van der Waals surface area contributed by atoms with Crippen molar-refractivity contribution in [2.45, 2.75) is 12.8 Å². The van der Waals surface area contributed by atoms with Crippen molar-refractivity contribution >= 4 is 38.8 Å². The summed E-state index contributed by atoms with van der Waals surface area (Å²) in [4.78, 5) is 8.90. The Hall–Kier alpha value is -5.67. The van der Waals surface area contributed by atoms with E-state index >= 15 is 0 Å². The van der Waals surface area contributed by atoms with Crippen LogP contribution >= 0.6 is 0 Å². The minimum absolute atomic E-state index is 0.971. The lowest BCUT2D eigenvalue weighted by Gasteiger charge is -2.17. The minimum Gasteiger partial charge on any atom is -0.354 e. The second-order valence-electron chi connectivity index (χ2n) is 11.6. The van der Waals surface area contributed by atoms with Gasteiger partial charge in [0.2, 0.25) is 0 Å². The summed E-state index contributed by atoms with van der Waals surface area (Å²) in [7, 11) is 0. The molecule has 3 aromatic heterocycles. The number of aromatic amines is 1. The van der Waals surface area contributed by atoms with Gasteiger partial charge in [-0.3, -0.25) is 0 Å². The van der Waals surface area contributed by atoms with Crippen LogP contribution in [-0.2, 0) is 6.42 Å². The molecule has 1 aliphatic rings. The van der Waals surface area contributed by atoms with Gasteiger partial charge >= 0.3 is 0 Å². The minimum atomic E-state index is 0.971. The van der Waals surface area contributed by atoms with Crippen LogP contribution in [0.4, 0.5) is 0 Å². The van der Waals surface area contributed by atoms with Crippen LogP contribution in [0.3, 0.4) is 0 Å². The number of H-pyrrole nitrogens is 1. The van der Waals surface area contributed by atoms with Crippen molar-refractivity contribution in [3.05, 3.63) is 151 Å². The maximum Gasteiger partial charge on any atom is 0.0730 e. The number of hydrogen-bond acceptors (Lipinski definition) is 1. The SMILES string of the molecule is C1=Cc2c(n(-c3ccccc3-c3cccc(-c4ccc(-c5ccccc5)cc4)n3)c3cc4[nH]c5ccccc5c4cc23)CC1. The summed E-state index contributed by atoms with van der Waals surface area (Å²) in [6.45, 7) is 0. The van der Waals surface area contributed by atoms with Crippen LogP contribution in [0.25, 0.3) is 78.1 Å². The van der Waals surface area contributed by atoms with Crippen LogP contribution in [0.5, 0.6) is 0 Å². The van der Waals surface area contributed by atoms with E-state index in [1.165, 1.54) is 49.6 Å². The molecule has 0 saturated heterocycles. The molecule has 3 heterocycles. The molecule has 0 radical (unpaired) electrons. The zero-order valence-electron chi connectivity index (χ0n) is 24.2. The van der Waals surface area contributed by atoms with Gasteiger partial charge in [0, 0.05) is 49.6 Å². The predicted octanol–water partition coefficient (Wildman–Crippen LogP) is 10.6. The lowest BCUT2D eigenvalue weighted by atomic mass is 10.0. The van der Waals surface area contributed by atoms with Crippen LogP contribution in [0.2, 0.25) is 0 Å². The molecule has 0 saturated carbocycles. The monoisotopic (exact) mass is 563 g/mol. The van der Waals surface area contributed by atoms with Crippen LogP contribution in [-0.4, -0.2) is 14.5 Å². The second-order valence-corrected chi connectivity index (χ2v) is 11.6. The lowest BCUT2D eigenvalue weighted by Crippen LogP contribution is -2.05. The van der Waals surface area contributed by atoms with Crippen LogP contribution in [0.15, 0.2) is 140 Å². The van der Waals surface area contributed by atoms with Crippen LogP contribution in [0, 0.1) is 0 Å². The molecule has 0 bridgehead atoms. The Labute approximate surface area is 255 Å². The number of rotatable bonds is 4. The molecule has 0 amide bonds. The highest BCUT2D eigenvalue weighted by molar-refractivity contribution is 6.13. The average Bonchev–Trinajstić information content (AvgIpc) is 3.62. The number of hydrogen-bond donors (Lipinski definition) is 1. The van der Waals surface area contributed by atoms with E-state index in [0.717, 1.165) is 46.6 Å². The van der Waals surface area contributed by atoms with Crippen LogP contribution < -0.4 is 0 Å². The van der Waals surface area contributed by atoms with Gasteiger partial charge in [-0.1, -0.05) is 109 Å². The third-order valence-electron chi connectivity index (χ3n) is 9.02. The van der Waals surface area contributed by atoms with Gasteiger partial charge in [-0.05, 0) is 60.4 Å². The molecule has 0 unspecified atom stereocenters. The summed E-state index contributed by atoms with van der Waals surface area (Å²) < 4.78 is 2.48. The van der Waals surface area contributed by atoms with E-state index in [2.05, 4.69) is 155 Å². The molecule has 1 N–H and O–H groups in total. The standard InChI is InChI=1S/C41H29N3/c1-2-11-27(12-3-1)28-21-23-29(24-22-28)35-17-10-18-37(42-35)32-15-6-9-20-40(32)44-39-19-8-5-14-31(39)34-25-33-30-13-4-7-16-36(30)43-38(33)26-41(34)44/h1-7,9-18,20-26,43H,8,19H2.